The molecule has 0 saturated carbocycles. The molecule has 0 aromatic rings. The van der Waals surface area contributed by atoms with Crippen LogP contribution in [0.3, 0.4) is 0 Å². The minimum atomic E-state index is -6.76. The lowest BCUT2D eigenvalue weighted by molar-refractivity contribution is -0.291. The van der Waals surface area contributed by atoms with E-state index in [9.17, 15) is 44.1 Å². The number of hydrogen-bond acceptors (Lipinski definition) is 4. The summed E-state index contributed by atoms with van der Waals surface area (Å²) in [5.74, 6) is 0. The zero-order valence-electron chi connectivity index (χ0n) is 13.8. The molecule has 3 unspecified atom stereocenters. The van der Waals surface area contributed by atoms with E-state index >= 15 is 0 Å². The summed E-state index contributed by atoms with van der Waals surface area (Å²) in [5.41, 5.74) is 0. The largest absolute Gasteiger partial charge is 0.489 e. The van der Waals surface area contributed by atoms with Crippen molar-refractivity contribution in [3.05, 3.63) is 0 Å². The highest BCUT2D eigenvalue weighted by Crippen LogP contribution is 2.61. The first-order valence-corrected chi connectivity index (χ1v) is 8.80. The molecule has 3 atom stereocenters. The topological polar surface area (TPSA) is 44.8 Å². The first-order valence-electron chi connectivity index (χ1n) is 7.34. The molecule has 0 aliphatic heterocycles. The number of phosphoric ester groups is 1. The molecule has 0 radical (unpaired) electrons. The molecule has 26 heavy (non-hydrogen) atoms. The summed E-state index contributed by atoms with van der Waals surface area (Å²) < 4.78 is 141. The lowest BCUT2D eigenvalue weighted by Gasteiger charge is -2.31. The number of alkyl halides is 9. The molecular formula is C12H18F9O4P. The number of hydrogen-bond donors (Lipinski definition) is 0. The summed E-state index contributed by atoms with van der Waals surface area (Å²) in [4.78, 5) is 0. The van der Waals surface area contributed by atoms with Gasteiger partial charge in [-0.05, 0) is 19.3 Å². The van der Waals surface area contributed by atoms with Gasteiger partial charge in [-0.2, -0.15) is 26.3 Å². The standard InChI is InChI=1S/C12H18F9O4P/c1-4-7(13)10(16,17)23-26(22,24-11(18,19)8(14)5-2)25-12(20,21)9(15)6-3/h7-9H,4-6H2,1-3H3. The molecule has 0 fully saturated rings. The SMILES string of the molecule is CCC(F)C(F)(F)OP(=O)(OC(F)(F)C(F)CC)OC(F)(F)C(F)CC. The van der Waals surface area contributed by atoms with Gasteiger partial charge in [-0.15, -0.1) is 0 Å². The van der Waals surface area contributed by atoms with Crippen LogP contribution in [0, 0.1) is 0 Å². The van der Waals surface area contributed by atoms with Crippen molar-refractivity contribution in [3.63, 3.8) is 0 Å². The van der Waals surface area contributed by atoms with Gasteiger partial charge >= 0.3 is 26.1 Å². The lowest BCUT2D eigenvalue weighted by Crippen LogP contribution is -2.39. The molecule has 0 aliphatic rings. The Balaban J connectivity index is 5.84. The maximum atomic E-state index is 13.4. The second-order valence-corrected chi connectivity index (χ2v) is 6.48. The van der Waals surface area contributed by atoms with E-state index in [-0.39, 0.29) is 0 Å². The summed E-state index contributed by atoms with van der Waals surface area (Å²) in [7, 11) is -6.76. The Labute approximate surface area is 143 Å². The van der Waals surface area contributed by atoms with E-state index in [2.05, 4.69) is 13.6 Å². The Morgan fingerprint density at radius 2 is 0.846 bits per heavy atom. The maximum absolute atomic E-state index is 13.4. The number of rotatable bonds is 12. The Morgan fingerprint density at radius 3 is 1.00 bits per heavy atom. The average Bonchev–Trinajstić information content (AvgIpc) is 2.49. The van der Waals surface area contributed by atoms with Crippen molar-refractivity contribution in [2.75, 3.05) is 0 Å². The van der Waals surface area contributed by atoms with Gasteiger partial charge in [-0.25, -0.2) is 31.3 Å². The zero-order chi connectivity index (χ0) is 21.0. The van der Waals surface area contributed by atoms with Gasteiger partial charge in [0.25, 0.3) is 0 Å². The second kappa shape index (κ2) is 9.11. The molecule has 0 rings (SSSR count). The van der Waals surface area contributed by atoms with E-state index in [0.29, 0.717) is 0 Å². The van der Waals surface area contributed by atoms with Crippen LogP contribution in [0.5, 0.6) is 0 Å². The van der Waals surface area contributed by atoms with Crippen molar-refractivity contribution in [2.24, 2.45) is 0 Å². The van der Waals surface area contributed by atoms with Gasteiger partial charge in [0.2, 0.25) is 0 Å². The lowest BCUT2D eigenvalue weighted by atomic mass is 10.3. The second-order valence-electron chi connectivity index (χ2n) is 5.03. The van der Waals surface area contributed by atoms with Crippen molar-refractivity contribution in [3.8, 4) is 0 Å². The molecule has 0 aromatic carbocycles. The van der Waals surface area contributed by atoms with Crippen LogP contribution < -0.4 is 0 Å². The van der Waals surface area contributed by atoms with Gasteiger partial charge in [-0.3, -0.25) is 0 Å². The molecule has 0 saturated heterocycles. The molecule has 0 spiro atoms. The van der Waals surface area contributed by atoms with Crippen LogP contribution in [0.15, 0.2) is 0 Å². The predicted octanol–water partition coefficient (Wildman–Crippen LogP) is 6.17. The molecule has 158 valence electrons. The monoisotopic (exact) mass is 428 g/mol. The Morgan fingerprint density at radius 1 is 0.654 bits per heavy atom. The first kappa shape index (κ1) is 25.5. The van der Waals surface area contributed by atoms with E-state index in [0.717, 1.165) is 20.8 Å². The van der Waals surface area contributed by atoms with Crippen LogP contribution in [0.1, 0.15) is 40.0 Å². The van der Waals surface area contributed by atoms with E-state index in [1.54, 1.807) is 0 Å². The van der Waals surface area contributed by atoms with Gasteiger partial charge in [-0.1, -0.05) is 20.8 Å². The fourth-order valence-electron chi connectivity index (χ4n) is 1.39. The minimum absolute atomic E-state index is 0.834. The van der Waals surface area contributed by atoms with Crippen molar-refractivity contribution in [2.45, 2.75) is 76.9 Å². The number of phosphoric acid groups is 1. The van der Waals surface area contributed by atoms with Crippen molar-refractivity contribution < 1.29 is 57.7 Å². The molecule has 0 aromatic heterocycles. The van der Waals surface area contributed by atoms with E-state index in [1.807, 2.05) is 0 Å². The summed E-state index contributed by atoms with van der Waals surface area (Å²) in [5, 5.41) is 0. The highest BCUT2D eigenvalue weighted by atomic mass is 31.2. The van der Waals surface area contributed by atoms with E-state index in [1.165, 1.54) is 0 Å². The predicted molar refractivity (Wildman–Crippen MR) is 71.3 cm³/mol. The average molecular weight is 428 g/mol. The molecule has 0 heterocycles. The fourth-order valence-corrected chi connectivity index (χ4v) is 2.74. The van der Waals surface area contributed by atoms with Crippen LogP contribution in [0.4, 0.5) is 39.5 Å². The first-order chi connectivity index (χ1) is 11.6. The van der Waals surface area contributed by atoms with Crippen LogP contribution in [-0.2, 0) is 18.1 Å². The van der Waals surface area contributed by atoms with Gasteiger partial charge in [0.1, 0.15) is 0 Å². The molecule has 0 aliphatic carbocycles. The van der Waals surface area contributed by atoms with E-state index in [4.69, 9.17) is 0 Å². The molecule has 4 nitrogen and oxygen atoms in total. The van der Waals surface area contributed by atoms with Gasteiger partial charge < -0.3 is 0 Å². The quantitative estimate of drug-likeness (QED) is 0.276. The normalized spacial score (nSPS) is 19.7. The minimum Gasteiger partial charge on any atom is -0.238 e. The molecule has 0 amide bonds. The Hall–Kier alpha value is -0.520. The molecule has 0 N–H and O–H groups in total. The van der Waals surface area contributed by atoms with Gasteiger partial charge in [0.05, 0.1) is 0 Å². The van der Waals surface area contributed by atoms with Crippen LogP contribution in [-0.4, -0.2) is 36.8 Å². The Kier molecular flexibility index (Phi) is 8.93. The molecule has 14 heteroatoms. The van der Waals surface area contributed by atoms with Crippen molar-refractivity contribution in [1.29, 1.82) is 0 Å². The van der Waals surface area contributed by atoms with Crippen LogP contribution >= 0.6 is 7.82 Å². The highest BCUT2D eigenvalue weighted by molar-refractivity contribution is 7.48. The van der Waals surface area contributed by atoms with Crippen molar-refractivity contribution in [1.82, 2.24) is 0 Å². The Bertz CT molecular complexity index is 425. The molecule has 0 bridgehead atoms. The number of halogens is 9. The zero-order valence-corrected chi connectivity index (χ0v) is 14.7. The fraction of sp³-hybridized carbons (Fsp3) is 1.00. The molecular weight excluding hydrogens is 410 g/mol. The maximum Gasteiger partial charge on any atom is 0.489 e. The third-order valence-corrected chi connectivity index (χ3v) is 4.27. The summed E-state index contributed by atoms with van der Waals surface area (Å²) in [6.45, 7) is 2.50. The van der Waals surface area contributed by atoms with Crippen LogP contribution in [0.2, 0.25) is 0 Å². The van der Waals surface area contributed by atoms with Gasteiger partial charge in [0.15, 0.2) is 18.5 Å². The highest BCUT2D eigenvalue weighted by Gasteiger charge is 2.59. The van der Waals surface area contributed by atoms with Gasteiger partial charge in [0, 0.05) is 0 Å². The van der Waals surface area contributed by atoms with Crippen LogP contribution in [0.25, 0.3) is 0 Å². The summed E-state index contributed by atoms with van der Waals surface area (Å²) in [6, 6.07) is 0. The third-order valence-electron chi connectivity index (χ3n) is 2.87. The smallest absolute Gasteiger partial charge is 0.238 e. The van der Waals surface area contributed by atoms with Crippen molar-refractivity contribution >= 4 is 7.82 Å². The van der Waals surface area contributed by atoms with E-state index < -0.39 is 63.9 Å². The third kappa shape index (κ3) is 6.90. The summed E-state index contributed by atoms with van der Waals surface area (Å²) >= 11 is 0. The summed E-state index contributed by atoms with van der Waals surface area (Å²) in [6.07, 6.45) is -28.5.